The Balaban J connectivity index is 1.46. The Morgan fingerprint density at radius 2 is 1.62 bits per heavy atom. The summed E-state index contributed by atoms with van der Waals surface area (Å²) in [5, 5.41) is 3.15. The van der Waals surface area contributed by atoms with E-state index in [1.165, 1.54) is 47.0 Å². The lowest BCUT2D eigenvalue weighted by molar-refractivity contribution is -0.116. The lowest BCUT2D eigenvalue weighted by atomic mass is 10.3. The number of rotatable bonds is 6. The maximum Gasteiger partial charge on any atom is 0.420 e. The van der Waals surface area contributed by atoms with Gasteiger partial charge in [0.05, 0.1) is 26.1 Å². The molecule has 4 rings (SSSR count). The molecule has 8 nitrogen and oxygen atoms in total. The molecule has 1 heterocycles. The van der Waals surface area contributed by atoms with Gasteiger partial charge >= 0.3 is 5.76 Å². The number of nitrogens with one attached hydrogen (secondary N) is 2. The molecule has 4 aromatic rings. The average molecular weight is 492 g/mol. The van der Waals surface area contributed by atoms with E-state index in [4.69, 9.17) is 27.6 Å². The summed E-state index contributed by atoms with van der Waals surface area (Å²) < 4.78 is 33.9. The first-order valence-electron chi connectivity index (χ1n) is 9.19. The number of carbonyl (C=O) groups excluding carboxylic acids is 1. The zero-order valence-electron chi connectivity index (χ0n) is 16.2. The van der Waals surface area contributed by atoms with Crippen LogP contribution in [0.3, 0.4) is 0 Å². The number of sulfonamides is 1. The van der Waals surface area contributed by atoms with Crippen molar-refractivity contribution in [1.29, 1.82) is 0 Å². The predicted molar refractivity (Wildman–Crippen MR) is 123 cm³/mol. The van der Waals surface area contributed by atoms with Crippen molar-refractivity contribution in [3.63, 3.8) is 0 Å². The Labute approximate surface area is 192 Å². The molecule has 2 N–H and O–H groups in total. The quantitative estimate of drug-likeness (QED) is 0.416. The van der Waals surface area contributed by atoms with Crippen molar-refractivity contribution in [3.05, 3.63) is 87.3 Å². The van der Waals surface area contributed by atoms with Crippen LogP contribution in [0, 0.1) is 0 Å². The minimum Gasteiger partial charge on any atom is -0.408 e. The molecule has 0 fully saturated rings. The number of benzene rings is 3. The van der Waals surface area contributed by atoms with E-state index in [9.17, 15) is 18.0 Å². The Morgan fingerprint density at radius 1 is 0.938 bits per heavy atom. The third kappa shape index (κ3) is 4.64. The van der Waals surface area contributed by atoms with Crippen LogP contribution in [-0.2, 0) is 21.4 Å². The van der Waals surface area contributed by atoms with Crippen LogP contribution in [0.4, 0.5) is 11.4 Å². The molecule has 3 aromatic carbocycles. The highest BCUT2D eigenvalue weighted by atomic mass is 35.5. The maximum atomic E-state index is 12.6. The summed E-state index contributed by atoms with van der Waals surface area (Å²) in [5.74, 6) is -1.11. The molecule has 0 saturated carbocycles. The van der Waals surface area contributed by atoms with Crippen molar-refractivity contribution < 1.29 is 17.6 Å². The Morgan fingerprint density at radius 3 is 2.34 bits per heavy atom. The van der Waals surface area contributed by atoms with E-state index in [-0.39, 0.29) is 22.2 Å². The van der Waals surface area contributed by atoms with Crippen LogP contribution >= 0.6 is 23.2 Å². The third-order valence-corrected chi connectivity index (χ3v) is 6.63. The number of halogens is 2. The molecule has 11 heteroatoms. The number of para-hydroxylation sites is 2. The van der Waals surface area contributed by atoms with Crippen molar-refractivity contribution in [1.82, 2.24) is 4.57 Å². The first-order valence-corrected chi connectivity index (χ1v) is 11.4. The van der Waals surface area contributed by atoms with Crippen LogP contribution in [0.1, 0.15) is 0 Å². The number of amides is 1. The van der Waals surface area contributed by atoms with E-state index >= 15 is 0 Å². The maximum absolute atomic E-state index is 12.6. The molecular weight excluding hydrogens is 477 g/mol. The van der Waals surface area contributed by atoms with E-state index in [1.54, 1.807) is 24.3 Å². The average Bonchev–Trinajstić information content (AvgIpc) is 3.06. The summed E-state index contributed by atoms with van der Waals surface area (Å²) in [5.41, 5.74) is 1.51. The van der Waals surface area contributed by atoms with Gasteiger partial charge in [0.2, 0.25) is 5.91 Å². The molecule has 0 aliphatic heterocycles. The predicted octanol–water partition coefficient (Wildman–Crippen LogP) is 4.34. The van der Waals surface area contributed by atoms with Crippen molar-refractivity contribution in [2.24, 2.45) is 0 Å². The van der Waals surface area contributed by atoms with Gasteiger partial charge in [0.1, 0.15) is 6.54 Å². The number of anilines is 2. The zero-order chi connectivity index (χ0) is 22.9. The fourth-order valence-corrected chi connectivity index (χ4v) is 4.35. The topological polar surface area (TPSA) is 110 Å². The number of nitrogens with zero attached hydrogens (tertiary/aromatic N) is 1. The van der Waals surface area contributed by atoms with Crippen molar-refractivity contribution in [2.45, 2.75) is 11.4 Å². The fraction of sp³-hybridized carbons (Fsp3) is 0.0476. The normalized spacial score (nSPS) is 11.4. The minimum absolute atomic E-state index is 0.0152. The standard InChI is InChI=1S/C21H15Cl2N3O5S/c22-16-10-7-14(11-17(16)23)25-32(29,30)15-8-5-13(6-9-15)24-20(27)12-26-18-3-1-2-4-19(18)31-21(26)28/h1-11,25H,12H2,(H,24,27). The second-order valence-electron chi connectivity index (χ2n) is 6.73. The van der Waals surface area contributed by atoms with Gasteiger partial charge in [0.25, 0.3) is 10.0 Å². The number of carbonyl (C=O) groups is 1. The molecule has 0 radical (unpaired) electrons. The number of aromatic nitrogens is 1. The summed E-state index contributed by atoms with van der Waals surface area (Å²) >= 11 is 11.8. The summed E-state index contributed by atoms with van der Waals surface area (Å²) in [6, 6.07) is 16.7. The molecule has 164 valence electrons. The van der Waals surface area contributed by atoms with Gasteiger partial charge in [-0.05, 0) is 54.6 Å². The summed E-state index contributed by atoms with van der Waals surface area (Å²) in [6.07, 6.45) is 0. The van der Waals surface area contributed by atoms with Crippen LogP contribution in [-0.4, -0.2) is 18.9 Å². The van der Waals surface area contributed by atoms with Crippen LogP contribution in [0.2, 0.25) is 10.0 Å². The highest BCUT2D eigenvalue weighted by Gasteiger charge is 2.16. The monoisotopic (exact) mass is 491 g/mol. The third-order valence-electron chi connectivity index (χ3n) is 4.50. The number of oxazole rings is 1. The highest BCUT2D eigenvalue weighted by Crippen LogP contribution is 2.26. The molecule has 0 aliphatic carbocycles. The Bertz CT molecular complexity index is 1480. The molecule has 0 aliphatic rings. The molecule has 0 bridgehead atoms. The van der Waals surface area contributed by atoms with E-state index < -0.39 is 21.7 Å². The molecule has 0 saturated heterocycles. The minimum atomic E-state index is -3.88. The van der Waals surface area contributed by atoms with E-state index in [0.29, 0.717) is 21.8 Å². The van der Waals surface area contributed by atoms with Crippen LogP contribution in [0.25, 0.3) is 11.1 Å². The molecule has 0 unspecified atom stereocenters. The zero-order valence-corrected chi connectivity index (χ0v) is 18.5. The lowest BCUT2D eigenvalue weighted by Crippen LogP contribution is -2.24. The molecule has 0 spiro atoms. The second kappa shape index (κ2) is 8.70. The molecule has 0 atom stereocenters. The Hall–Kier alpha value is -3.27. The second-order valence-corrected chi connectivity index (χ2v) is 9.23. The van der Waals surface area contributed by atoms with Gasteiger partial charge in [0, 0.05) is 5.69 Å². The first-order chi connectivity index (χ1) is 15.2. The van der Waals surface area contributed by atoms with Crippen molar-refractivity contribution in [3.8, 4) is 0 Å². The molecular formula is C21H15Cl2N3O5S. The van der Waals surface area contributed by atoms with Gasteiger partial charge in [-0.15, -0.1) is 0 Å². The molecule has 1 amide bonds. The fourth-order valence-electron chi connectivity index (χ4n) is 3.00. The van der Waals surface area contributed by atoms with Gasteiger partial charge in [-0.2, -0.15) is 0 Å². The summed E-state index contributed by atoms with van der Waals surface area (Å²) in [7, 11) is -3.88. The van der Waals surface area contributed by atoms with Crippen LogP contribution < -0.4 is 15.8 Å². The van der Waals surface area contributed by atoms with Gasteiger partial charge in [-0.25, -0.2) is 13.2 Å². The Kier molecular flexibility index (Phi) is 5.96. The van der Waals surface area contributed by atoms with E-state index in [2.05, 4.69) is 10.0 Å². The SMILES string of the molecule is O=C(Cn1c(=O)oc2ccccc21)Nc1ccc(S(=O)(=O)Nc2ccc(Cl)c(Cl)c2)cc1. The molecule has 1 aromatic heterocycles. The van der Waals surface area contributed by atoms with Crippen molar-refractivity contribution >= 4 is 61.6 Å². The number of hydrogen-bond donors (Lipinski definition) is 2. The van der Waals surface area contributed by atoms with Gasteiger partial charge in [-0.1, -0.05) is 35.3 Å². The van der Waals surface area contributed by atoms with Gasteiger partial charge < -0.3 is 9.73 Å². The first kappa shape index (κ1) is 21.9. The van der Waals surface area contributed by atoms with Crippen molar-refractivity contribution in [2.75, 3.05) is 10.0 Å². The van der Waals surface area contributed by atoms with Crippen LogP contribution in [0.5, 0.6) is 0 Å². The summed E-state index contributed by atoms with van der Waals surface area (Å²) in [6.45, 7) is -0.255. The van der Waals surface area contributed by atoms with E-state index in [0.717, 1.165) is 0 Å². The number of hydrogen-bond acceptors (Lipinski definition) is 5. The largest absolute Gasteiger partial charge is 0.420 e. The smallest absolute Gasteiger partial charge is 0.408 e. The lowest BCUT2D eigenvalue weighted by Gasteiger charge is -2.10. The highest BCUT2D eigenvalue weighted by molar-refractivity contribution is 7.92. The van der Waals surface area contributed by atoms with E-state index in [1.807, 2.05) is 0 Å². The molecule has 32 heavy (non-hydrogen) atoms. The van der Waals surface area contributed by atoms with Gasteiger partial charge in [0.15, 0.2) is 5.58 Å². The number of fused-ring (bicyclic) bond motifs is 1. The summed E-state index contributed by atoms with van der Waals surface area (Å²) in [4.78, 5) is 24.4. The van der Waals surface area contributed by atoms with Gasteiger partial charge in [-0.3, -0.25) is 14.1 Å². The van der Waals surface area contributed by atoms with Crippen LogP contribution in [0.15, 0.2) is 80.8 Å².